The van der Waals surface area contributed by atoms with Crippen molar-refractivity contribution < 1.29 is 5.11 Å². The average molecular weight is 166 g/mol. The molecule has 0 spiro atoms. The number of halogens is 1. The van der Waals surface area contributed by atoms with Crippen LogP contribution in [0.1, 0.15) is 26.7 Å². The van der Waals surface area contributed by atoms with Gasteiger partial charge in [0, 0.05) is 6.54 Å². The second-order valence-electron chi connectivity index (χ2n) is 3.95. The van der Waals surface area contributed by atoms with E-state index in [2.05, 4.69) is 13.8 Å². The van der Waals surface area contributed by atoms with E-state index in [1.54, 1.807) is 0 Å². The molecule has 0 aliphatic heterocycles. The normalized spacial score (nSPS) is 26.4. The van der Waals surface area contributed by atoms with Crippen molar-refractivity contribution in [2.75, 3.05) is 6.54 Å². The van der Waals surface area contributed by atoms with Crippen LogP contribution in [0.2, 0.25) is 0 Å². The average Bonchev–Trinajstić information content (AvgIpc) is 1.61. The molecular weight excluding hydrogens is 150 g/mol. The van der Waals surface area contributed by atoms with Gasteiger partial charge in [0.15, 0.2) is 0 Å². The number of aliphatic hydroxyl groups is 1. The molecule has 3 N–H and O–H groups in total. The van der Waals surface area contributed by atoms with Crippen LogP contribution in [0.3, 0.4) is 0 Å². The molecule has 10 heavy (non-hydrogen) atoms. The van der Waals surface area contributed by atoms with Gasteiger partial charge < -0.3 is 10.8 Å². The summed E-state index contributed by atoms with van der Waals surface area (Å²) >= 11 is 0. The summed E-state index contributed by atoms with van der Waals surface area (Å²) in [7, 11) is 0. The molecule has 0 atom stereocenters. The fraction of sp³-hybridized carbons (Fsp3) is 1.00. The molecule has 0 aromatic carbocycles. The largest absolute Gasteiger partial charge is 0.389 e. The topological polar surface area (TPSA) is 46.2 Å². The minimum atomic E-state index is -0.524. The molecule has 0 radical (unpaired) electrons. The van der Waals surface area contributed by atoms with E-state index in [-0.39, 0.29) is 12.4 Å². The van der Waals surface area contributed by atoms with E-state index < -0.39 is 5.60 Å². The second kappa shape index (κ2) is 2.68. The van der Waals surface area contributed by atoms with Crippen LogP contribution in [0.5, 0.6) is 0 Å². The first kappa shape index (κ1) is 10.2. The Balaban J connectivity index is 0.000000810. The smallest absolute Gasteiger partial charge is 0.0779 e. The molecule has 0 unspecified atom stereocenters. The van der Waals surface area contributed by atoms with E-state index in [0.29, 0.717) is 12.0 Å². The fourth-order valence-electron chi connectivity index (χ4n) is 1.87. The molecule has 2 nitrogen and oxygen atoms in total. The standard InChI is InChI=1S/C7H15NO.ClH/c1-6(2)3-7(9,4-6)5-8;/h9H,3-5,8H2,1-2H3;1H. The van der Waals surface area contributed by atoms with Crippen LogP contribution in [-0.2, 0) is 0 Å². The lowest BCUT2D eigenvalue weighted by Crippen LogP contribution is -2.53. The monoisotopic (exact) mass is 165 g/mol. The van der Waals surface area contributed by atoms with Gasteiger partial charge in [0.25, 0.3) is 0 Å². The fourth-order valence-corrected chi connectivity index (χ4v) is 1.87. The molecule has 1 saturated carbocycles. The third kappa shape index (κ3) is 1.84. The highest BCUT2D eigenvalue weighted by Gasteiger charge is 2.46. The highest BCUT2D eigenvalue weighted by molar-refractivity contribution is 5.85. The lowest BCUT2D eigenvalue weighted by Gasteiger charge is -2.49. The Morgan fingerprint density at radius 3 is 1.90 bits per heavy atom. The number of rotatable bonds is 1. The van der Waals surface area contributed by atoms with Crippen molar-refractivity contribution >= 4 is 12.4 Å². The first-order chi connectivity index (χ1) is 3.97. The third-order valence-corrected chi connectivity index (χ3v) is 2.00. The van der Waals surface area contributed by atoms with Gasteiger partial charge in [0.05, 0.1) is 5.60 Å². The molecule has 0 aromatic rings. The van der Waals surface area contributed by atoms with Crippen LogP contribution in [0.4, 0.5) is 0 Å². The third-order valence-electron chi connectivity index (χ3n) is 2.00. The summed E-state index contributed by atoms with van der Waals surface area (Å²) in [5.41, 5.74) is 5.14. The predicted octanol–water partition coefficient (Wildman–Crippen LogP) is 0.918. The Hall–Kier alpha value is 0.210. The van der Waals surface area contributed by atoms with Gasteiger partial charge in [-0.25, -0.2) is 0 Å². The zero-order valence-corrected chi connectivity index (χ0v) is 7.37. The Labute approximate surface area is 68.2 Å². The van der Waals surface area contributed by atoms with Crippen molar-refractivity contribution in [1.29, 1.82) is 0 Å². The van der Waals surface area contributed by atoms with Crippen LogP contribution in [0, 0.1) is 5.41 Å². The van der Waals surface area contributed by atoms with Crippen molar-refractivity contribution in [3.05, 3.63) is 0 Å². The summed E-state index contributed by atoms with van der Waals surface area (Å²) in [5.74, 6) is 0. The van der Waals surface area contributed by atoms with Gasteiger partial charge in [0.2, 0.25) is 0 Å². The van der Waals surface area contributed by atoms with E-state index in [1.165, 1.54) is 0 Å². The molecule has 0 amide bonds. The summed E-state index contributed by atoms with van der Waals surface area (Å²) in [5, 5.41) is 9.43. The summed E-state index contributed by atoms with van der Waals surface area (Å²) in [6.45, 7) is 4.71. The summed E-state index contributed by atoms with van der Waals surface area (Å²) in [6.07, 6.45) is 1.72. The molecule has 1 fully saturated rings. The van der Waals surface area contributed by atoms with Crippen LogP contribution in [-0.4, -0.2) is 17.3 Å². The summed E-state index contributed by atoms with van der Waals surface area (Å²) in [4.78, 5) is 0. The van der Waals surface area contributed by atoms with E-state index >= 15 is 0 Å². The maximum Gasteiger partial charge on any atom is 0.0779 e. The summed E-state index contributed by atoms with van der Waals surface area (Å²) < 4.78 is 0. The Bertz CT molecular complexity index is 117. The quantitative estimate of drug-likeness (QED) is 0.607. The van der Waals surface area contributed by atoms with Gasteiger partial charge in [-0.2, -0.15) is 0 Å². The number of hydrogen-bond donors (Lipinski definition) is 2. The van der Waals surface area contributed by atoms with Gasteiger partial charge in [0.1, 0.15) is 0 Å². The zero-order chi connectivity index (χ0) is 7.12. The Morgan fingerprint density at radius 1 is 1.40 bits per heavy atom. The van der Waals surface area contributed by atoms with Crippen molar-refractivity contribution in [3.8, 4) is 0 Å². The van der Waals surface area contributed by atoms with Gasteiger partial charge in [-0.05, 0) is 18.3 Å². The van der Waals surface area contributed by atoms with Crippen LogP contribution >= 0.6 is 12.4 Å². The Kier molecular flexibility index (Phi) is 2.74. The highest BCUT2D eigenvalue weighted by Crippen LogP contribution is 2.46. The molecular formula is C7H16ClNO. The van der Waals surface area contributed by atoms with E-state index in [4.69, 9.17) is 5.73 Å². The molecule has 0 bridgehead atoms. The van der Waals surface area contributed by atoms with Gasteiger partial charge in [-0.1, -0.05) is 13.8 Å². The first-order valence-electron chi connectivity index (χ1n) is 3.40. The van der Waals surface area contributed by atoms with Crippen molar-refractivity contribution in [2.45, 2.75) is 32.3 Å². The maximum atomic E-state index is 9.43. The zero-order valence-electron chi connectivity index (χ0n) is 6.55. The predicted molar refractivity (Wildman–Crippen MR) is 44.3 cm³/mol. The van der Waals surface area contributed by atoms with Crippen molar-refractivity contribution in [3.63, 3.8) is 0 Å². The maximum absolute atomic E-state index is 9.43. The van der Waals surface area contributed by atoms with Crippen LogP contribution in [0.25, 0.3) is 0 Å². The van der Waals surface area contributed by atoms with E-state index in [1.807, 2.05) is 0 Å². The molecule has 3 heteroatoms. The molecule has 1 aliphatic rings. The van der Waals surface area contributed by atoms with Gasteiger partial charge in [-0.3, -0.25) is 0 Å². The molecule has 0 aromatic heterocycles. The minimum absolute atomic E-state index is 0. The highest BCUT2D eigenvalue weighted by atomic mass is 35.5. The summed E-state index contributed by atoms with van der Waals surface area (Å²) in [6, 6.07) is 0. The molecule has 62 valence electrons. The van der Waals surface area contributed by atoms with Gasteiger partial charge >= 0.3 is 0 Å². The Morgan fingerprint density at radius 2 is 1.80 bits per heavy atom. The van der Waals surface area contributed by atoms with Crippen molar-refractivity contribution in [1.82, 2.24) is 0 Å². The number of nitrogens with two attached hydrogens (primary N) is 1. The van der Waals surface area contributed by atoms with Crippen LogP contribution < -0.4 is 5.73 Å². The van der Waals surface area contributed by atoms with Gasteiger partial charge in [-0.15, -0.1) is 12.4 Å². The van der Waals surface area contributed by atoms with Crippen LogP contribution in [0.15, 0.2) is 0 Å². The molecule has 1 aliphatic carbocycles. The minimum Gasteiger partial charge on any atom is -0.389 e. The second-order valence-corrected chi connectivity index (χ2v) is 3.95. The van der Waals surface area contributed by atoms with E-state index in [9.17, 15) is 5.11 Å². The number of hydrogen-bond acceptors (Lipinski definition) is 2. The SMILES string of the molecule is CC1(C)CC(O)(CN)C1.Cl. The first-order valence-corrected chi connectivity index (χ1v) is 3.40. The molecule has 1 rings (SSSR count). The molecule has 0 saturated heterocycles. The van der Waals surface area contributed by atoms with Crippen molar-refractivity contribution in [2.24, 2.45) is 11.1 Å². The molecule has 0 heterocycles. The lowest BCUT2D eigenvalue weighted by atomic mass is 9.61. The van der Waals surface area contributed by atoms with E-state index in [0.717, 1.165) is 12.8 Å². The lowest BCUT2D eigenvalue weighted by molar-refractivity contribution is -0.104.